The molecule has 3 N–H and O–H groups in total. The zero-order valence-electron chi connectivity index (χ0n) is 22.5. The van der Waals surface area contributed by atoms with Crippen LogP contribution in [0, 0.1) is 5.82 Å². The number of anilines is 1. The molecule has 0 unspecified atom stereocenters. The van der Waals surface area contributed by atoms with Gasteiger partial charge >= 0.3 is 6.09 Å². The summed E-state index contributed by atoms with van der Waals surface area (Å²) in [7, 11) is 0. The van der Waals surface area contributed by atoms with Crippen molar-refractivity contribution in [2.24, 2.45) is 0 Å². The number of carboxylic acid groups (broad SMARTS) is 1. The Balaban J connectivity index is 1.46. The fraction of sp³-hybridized carbons (Fsp3) is 0.0882. The van der Waals surface area contributed by atoms with Gasteiger partial charge in [0.1, 0.15) is 11.9 Å². The molecule has 2 amide bonds. The molecule has 0 aliphatic carbocycles. The number of carbonyl (C=O) groups is 2. The third kappa shape index (κ3) is 6.45. The van der Waals surface area contributed by atoms with E-state index in [1.807, 2.05) is 91.0 Å². The average molecular weight is 562 g/mol. The number of pyridine rings is 1. The minimum absolute atomic E-state index is 0.145. The SMILES string of the molecule is O=C(O)N[C@H](C(=O)Nc1ccc(-c2cccc(=O)n2Cc2ccccc2)c(F)c1)C(c1ccccc1)c1ccccc1. The molecule has 42 heavy (non-hydrogen) atoms. The maximum atomic E-state index is 15.6. The number of hydrogen-bond donors (Lipinski definition) is 3. The summed E-state index contributed by atoms with van der Waals surface area (Å²) in [4.78, 5) is 38.1. The number of nitrogens with zero attached hydrogens (tertiary/aromatic N) is 1. The van der Waals surface area contributed by atoms with Crippen molar-refractivity contribution in [3.8, 4) is 11.3 Å². The zero-order chi connectivity index (χ0) is 29.5. The highest BCUT2D eigenvalue weighted by molar-refractivity contribution is 5.97. The van der Waals surface area contributed by atoms with Crippen LogP contribution in [0.2, 0.25) is 0 Å². The summed E-state index contributed by atoms with van der Waals surface area (Å²) in [6.07, 6.45) is -1.37. The van der Waals surface area contributed by atoms with Gasteiger partial charge in [-0.15, -0.1) is 0 Å². The average Bonchev–Trinajstić information content (AvgIpc) is 2.99. The largest absolute Gasteiger partial charge is 0.465 e. The number of rotatable bonds is 9. The number of nitrogens with one attached hydrogen (secondary N) is 2. The molecule has 0 radical (unpaired) electrons. The van der Waals surface area contributed by atoms with E-state index in [4.69, 9.17) is 0 Å². The van der Waals surface area contributed by atoms with Gasteiger partial charge in [-0.25, -0.2) is 9.18 Å². The Morgan fingerprint density at radius 1 is 0.762 bits per heavy atom. The lowest BCUT2D eigenvalue weighted by Crippen LogP contribution is -2.47. The molecule has 8 heteroatoms. The maximum absolute atomic E-state index is 15.6. The second-order valence-electron chi connectivity index (χ2n) is 9.73. The Hall–Kier alpha value is -5.50. The molecule has 1 atom stereocenters. The lowest BCUT2D eigenvalue weighted by Gasteiger charge is -2.27. The van der Waals surface area contributed by atoms with Crippen LogP contribution in [-0.2, 0) is 11.3 Å². The highest BCUT2D eigenvalue weighted by Crippen LogP contribution is 2.30. The van der Waals surface area contributed by atoms with E-state index in [-0.39, 0.29) is 23.4 Å². The molecule has 0 spiro atoms. The monoisotopic (exact) mass is 561 g/mol. The topological polar surface area (TPSA) is 100 Å². The smallest absolute Gasteiger partial charge is 0.405 e. The predicted molar refractivity (Wildman–Crippen MR) is 160 cm³/mol. The number of amides is 2. The van der Waals surface area contributed by atoms with Crippen molar-refractivity contribution in [2.75, 3.05) is 5.32 Å². The molecule has 0 fully saturated rings. The molecule has 0 aliphatic heterocycles. The third-order valence-electron chi connectivity index (χ3n) is 6.96. The molecule has 0 saturated carbocycles. The van der Waals surface area contributed by atoms with Crippen LogP contribution in [0.5, 0.6) is 0 Å². The number of halogens is 1. The second-order valence-corrected chi connectivity index (χ2v) is 9.73. The molecule has 0 saturated heterocycles. The van der Waals surface area contributed by atoms with Gasteiger partial charge in [-0.05, 0) is 41.0 Å². The summed E-state index contributed by atoms with van der Waals surface area (Å²) in [5, 5.41) is 14.7. The fourth-order valence-electron chi connectivity index (χ4n) is 5.04. The molecular formula is C34H28FN3O4. The Kier molecular flexibility index (Phi) is 8.53. The number of benzene rings is 4. The van der Waals surface area contributed by atoms with E-state index in [1.54, 1.807) is 12.1 Å². The Bertz CT molecular complexity index is 1700. The fourth-order valence-corrected chi connectivity index (χ4v) is 5.04. The number of carbonyl (C=O) groups excluding carboxylic acids is 1. The molecule has 0 aliphatic rings. The van der Waals surface area contributed by atoms with Gasteiger partial charge in [-0.2, -0.15) is 0 Å². The van der Waals surface area contributed by atoms with Crippen molar-refractivity contribution in [2.45, 2.75) is 18.5 Å². The highest BCUT2D eigenvalue weighted by Gasteiger charge is 2.32. The van der Waals surface area contributed by atoms with Crippen LogP contribution in [0.4, 0.5) is 14.9 Å². The molecule has 0 bridgehead atoms. The van der Waals surface area contributed by atoms with Gasteiger partial charge in [0.05, 0.1) is 12.2 Å². The first-order chi connectivity index (χ1) is 20.4. The van der Waals surface area contributed by atoms with Crippen molar-refractivity contribution >= 4 is 17.7 Å². The number of aromatic nitrogens is 1. The first-order valence-electron chi connectivity index (χ1n) is 13.3. The van der Waals surface area contributed by atoms with Crippen molar-refractivity contribution in [1.29, 1.82) is 0 Å². The van der Waals surface area contributed by atoms with E-state index in [2.05, 4.69) is 10.6 Å². The van der Waals surface area contributed by atoms with Crippen LogP contribution in [0.3, 0.4) is 0 Å². The van der Waals surface area contributed by atoms with Crippen LogP contribution in [0.15, 0.2) is 132 Å². The van der Waals surface area contributed by atoms with Crippen molar-refractivity contribution in [3.63, 3.8) is 0 Å². The predicted octanol–water partition coefficient (Wildman–Crippen LogP) is 6.11. The van der Waals surface area contributed by atoms with Crippen molar-refractivity contribution in [3.05, 3.63) is 160 Å². The molecule has 1 heterocycles. The van der Waals surface area contributed by atoms with Gasteiger partial charge in [0.2, 0.25) is 5.91 Å². The van der Waals surface area contributed by atoms with Gasteiger partial charge in [0.25, 0.3) is 5.56 Å². The van der Waals surface area contributed by atoms with Gasteiger partial charge in [-0.3, -0.25) is 9.59 Å². The Labute approximate surface area is 241 Å². The van der Waals surface area contributed by atoms with E-state index >= 15 is 4.39 Å². The van der Waals surface area contributed by atoms with Crippen LogP contribution in [0.1, 0.15) is 22.6 Å². The van der Waals surface area contributed by atoms with Gasteiger partial charge in [0, 0.05) is 23.2 Å². The van der Waals surface area contributed by atoms with Gasteiger partial charge < -0.3 is 20.3 Å². The third-order valence-corrected chi connectivity index (χ3v) is 6.96. The maximum Gasteiger partial charge on any atom is 0.405 e. The molecule has 5 aromatic rings. The summed E-state index contributed by atoms with van der Waals surface area (Å²) in [6.45, 7) is 0.261. The first kappa shape index (κ1) is 28.0. The minimum Gasteiger partial charge on any atom is -0.465 e. The van der Waals surface area contributed by atoms with E-state index < -0.39 is 29.8 Å². The second kappa shape index (κ2) is 12.8. The number of hydrogen-bond acceptors (Lipinski definition) is 3. The van der Waals surface area contributed by atoms with Crippen molar-refractivity contribution in [1.82, 2.24) is 9.88 Å². The Morgan fingerprint density at radius 2 is 1.36 bits per heavy atom. The molecule has 4 aromatic carbocycles. The lowest BCUT2D eigenvalue weighted by molar-refractivity contribution is -0.118. The van der Waals surface area contributed by atoms with Gasteiger partial charge in [-0.1, -0.05) is 97.1 Å². The molecule has 210 valence electrons. The molecule has 5 rings (SSSR count). The summed E-state index contributed by atoms with van der Waals surface area (Å²) in [5.74, 6) is -1.95. The van der Waals surface area contributed by atoms with E-state index in [0.29, 0.717) is 5.69 Å². The van der Waals surface area contributed by atoms with Crippen LogP contribution < -0.4 is 16.2 Å². The van der Waals surface area contributed by atoms with Crippen molar-refractivity contribution < 1.29 is 19.1 Å². The summed E-state index contributed by atoms with van der Waals surface area (Å²) in [6, 6.07) is 35.2. The lowest BCUT2D eigenvalue weighted by atomic mass is 9.84. The molecule has 1 aromatic heterocycles. The first-order valence-corrected chi connectivity index (χ1v) is 13.3. The molecular weight excluding hydrogens is 533 g/mol. The Morgan fingerprint density at radius 3 is 1.93 bits per heavy atom. The van der Waals surface area contributed by atoms with Crippen LogP contribution >= 0.6 is 0 Å². The minimum atomic E-state index is -1.37. The van der Waals surface area contributed by atoms with Crippen LogP contribution in [-0.4, -0.2) is 27.7 Å². The van der Waals surface area contributed by atoms with Gasteiger partial charge in [0.15, 0.2) is 0 Å². The quantitative estimate of drug-likeness (QED) is 0.202. The van der Waals surface area contributed by atoms with Crippen LogP contribution in [0.25, 0.3) is 11.3 Å². The summed E-state index contributed by atoms with van der Waals surface area (Å²) in [5.41, 5.74) is 2.81. The molecule has 7 nitrogen and oxygen atoms in total. The van der Waals surface area contributed by atoms with E-state index in [1.165, 1.54) is 22.8 Å². The summed E-state index contributed by atoms with van der Waals surface area (Å²) >= 11 is 0. The van der Waals surface area contributed by atoms with E-state index in [9.17, 15) is 19.5 Å². The zero-order valence-corrected chi connectivity index (χ0v) is 22.5. The normalized spacial score (nSPS) is 11.6. The highest BCUT2D eigenvalue weighted by atomic mass is 19.1. The summed E-state index contributed by atoms with van der Waals surface area (Å²) < 4.78 is 17.0. The standard InChI is InChI=1S/C34H28FN3O4/c35-28-21-26(19-20-27(28)29-17-10-18-30(39)38(29)22-23-11-4-1-5-12-23)36-33(40)32(37-34(41)42)31(24-13-6-2-7-14-24)25-15-8-3-9-16-25/h1-21,31-32,37H,22H2,(H,36,40)(H,41,42)/t32-/m0/s1. The van der Waals surface area contributed by atoms with E-state index in [0.717, 1.165) is 22.8 Å².